The van der Waals surface area contributed by atoms with Crippen LogP contribution >= 0.6 is 0 Å². The van der Waals surface area contributed by atoms with Crippen LogP contribution in [0.5, 0.6) is 0 Å². The second-order valence-corrected chi connectivity index (χ2v) is 9.28. The molecule has 1 atom stereocenters. The van der Waals surface area contributed by atoms with E-state index in [0.29, 0.717) is 24.5 Å². The van der Waals surface area contributed by atoms with E-state index >= 15 is 0 Å². The maximum Gasteiger partial charge on any atom is 0.416 e. The van der Waals surface area contributed by atoms with Gasteiger partial charge in [0.1, 0.15) is 11.4 Å². The summed E-state index contributed by atoms with van der Waals surface area (Å²) in [5.41, 5.74) is 0.981. The topological polar surface area (TPSA) is 62.7 Å². The molecule has 0 unspecified atom stereocenters. The second kappa shape index (κ2) is 10.6. The molecule has 2 heterocycles. The third-order valence-corrected chi connectivity index (χ3v) is 5.57. The first kappa shape index (κ1) is 23.8. The number of anilines is 1. The number of piperidine rings is 1. The Bertz CT molecular complexity index is 908. The number of pyridine rings is 1. The monoisotopic (exact) mass is 437 g/mol. The molecule has 0 bridgehead atoms. The van der Waals surface area contributed by atoms with Crippen molar-refractivity contribution < 1.29 is 14.3 Å². The van der Waals surface area contributed by atoms with Gasteiger partial charge in [-0.1, -0.05) is 37.6 Å². The molecule has 0 spiro atoms. The van der Waals surface area contributed by atoms with Crippen molar-refractivity contribution in [2.45, 2.75) is 71.4 Å². The number of amides is 2. The minimum Gasteiger partial charge on any atom is -0.443 e. The number of hydrogen-bond acceptors (Lipinski definition) is 4. The van der Waals surface area contributed by atoms with E-state index in [1.165, 1.54) is 0 Å². The molecule has 6 heteroatoms. The largest absolute Gasteiger partial charge is 0.443 e. The summed E-state index contributed by atoms with van der Waals surface area (Å²) >= 11 is 0. The molecule has 0 radical (unpaired) electrons. The minimum atomic E-state index is -0.601. The average molecular weight is 438 g/mol. The van der Waals surface area contributed by atoms with E-state index in [0.717, 1.165) is 37.7 Å². The van der Waals surface area contributed by atoms with Gasteiger partial charge in [-0.3, -0.25) is 9.69 Å². The van der Waals surface area contributed by atoms with Crippen molar-refractivity contribution in [2.24, 2.45) is 0 Å². The first-order valence-corrected chi connectivity index (χ1v) is 11.6. The lowest BCUT2D eigenvalue weighted by Crippen LogP contribution is -2.41. The standard InChI is InChI=1S/C26H35N3O3/c1-5-6-18-29(25(31)32-26(2,3)4)23-21(15-12-17-27-23)22-16-10-11-19-28(22)24(30)20-13-8-7-9-14-20/h7-9,12-15,17,22H,5-6,10-11,16,18-19H2,1-4H3/t22-/m1/s1. The molecule has 0 aliphatic carbocycles. The highest BCUT2D eigenvalue weighted by molar-refractivity contribution is 5.95. The van der Waals surface area contributed by atoms with Gasteiger partial charge in [0, 0.05) is 30.4 Å². The summed E-state index contributed by atoms with van der Waals surface area (Å²) < 4.78 is 5.70. The molecule has 2 amide bonds. The van der Waals surface area contributed by atoms with Gasteiger partial charge >= 0.3 is 6.09 Å². The molecule has 32 heavy (non-hydrogen) atoms. The first-order chi connectivity index (χ1) is 15.3. The van der Waals surface area contributed by atoms with Gasteiger partial charge < -0.3 is 9.64 Å². The Labute approximate surface area is 191 Å². The van der Waals surface area contributed by atoms with Gasteiger partial charge in [0.25, 0.3) is 5.91 Å². The Balaban J connectivity index is 1.98. The van der Waals surface area contributed by atoms with Crippen molar-refractivity contribution in [1.29, 1.82) is 0 Å². The van der Waals surface area contributed by atoms with Crippen LogP contribution in [0.3, 0.4) is 0 Å². The lowest BCUT2D eigenvalue weighted by Gasteiger charge is -2.38. The fourth-order valence-corrected chi connectivity index (χ4v) is 4.06. The summed E-state index contributed by atoms with van der Waals surface area (Å²) in [6.45, 7) is 8.90. The molecule has 6 nitrogen and oxygen atoms in total. The number of unbranched alkanes of at least 4 members (excludes halogenated alkanes) is 1. The molecule has 1 aromatic carbocycles. The van der Waals surface area contributed by atoms with E-state index in [9.17, 15) is 9.59 Å². The fourth-order valence-electron chi connectivity index (χ4n) is 4.06. The van der Waals surface area contributed by atoms with Gasteiger partial charge in [0.15, 0.2) is 0 Å². The summed E-state index contributed by atoms with van der Waals surface area (Å²) in [6.07, 6.45) is 5.93. The number of rotatable bonds is 6. The summed E-state index contributed by atoms with van der Waals surface area (Å²) in [4.78, 5) is 34.7. The van der Waals surface area contributed by atoms with Crippen molar-refractivity contribution in [3.05, 3.63) is 59.8 Å². The second-order valence-electron chi connectivity index (χ2n) is 9.28. The number of likely N-dealkylation sites (tertiary alicyclic amines) is 1. The van der Waals surface area contributed by atoms with Crippen LogP contribution in [0.25, 0.3) is 0 Å². The van der Waals surface area contributed by atoms with E-state index in [4.69, 9.17) is 4.74 Å². The number of nitrogens with zero attached hydrogens (tertiary/aromatic N) is 3. The summed E-state index contributed by atoms with van der Waals surface area (Å²) in [5, 5.41) is 0. The van der Waals surface area contributed by atoms with E-state index in [1.807, 2.05) is 68.1 Å². The Morgan fingerprint density at radius 3 is 2.56 bits per heavy atom. The van der Waals surface area contributed by atoms with Crippen LogP contribution in [0, 0.1) is 0 Å². The zero-order chi connectivity index (χ0) is 23.1. The van der Waals surface area contributed by atoms with Gasteiger partial charge in [0.2, 0.25) is 0 Å². The third kappa shape index (κ3) is 5.87. The summed E-state index contributed by atoms with van der Waals surface area (Å²) in [5.74, 6) is 0.607. The Morgan fingerprint density at radius 2 is 1.88 bits per heavy atom. The minimum absolute atomic E-state index is 0.0162. The van der Waals surface area contributed by atoms with Crippen LogP contribution in [0.1, 0.15) is 81.8 Å². The Kier molecular flexibility index (Phi) is 7.89. The van der Waals surface area contributed by atoms with E-state index in [-0.39, 0.29) is 11.9 Å². The first-order valence-electron chi connectivity index (χ1n) is 11.6. The highest BCUT2D eigenvalue weighted by Gasteiger charge is 2.33. The lowest BCUT2D eigenvalue weighted by molar-refractivity contribution is 0.0577. The van der Waals surface area contributed by atoms with Crippen molar-refractivity contribution >= 4 is 17.8 Å². The van der Waals surface area contributed by atoms with Gasteiger partial charge in [-0.2, -0.15) is 0 Å². The fraction of sp³-hybridized carbons (Fsp3) is 0.500. The van der Waals surface area contributed by atoms with Crippen LogP contribution in [0.4, 0.5) is 10.6 Å². The zero-order valence-corrected chi connectivity index (χ0v) is 19.7. The summed E-state index contributed by atoms with van der Waals surface area (Å²) in [6, 6.07) is 13.1. The van der Waals surface area contributed by atoms with Crippen molar-refractivity contribution in [2.75, 3.05) is 18.0 Å². The Morgan fingerprint density at radius 1 is 1.12 bits per heavy atom. The molecule has 1 aromatic heterocycles. The predicted octanol–water partition coefficient (Wildman–Crippen LogP) is 5.99. The van der Waals surface area contributed by atoms with Gasteiger partial charge in [-0.25, -0.2) is 9.78 Å². The van der Waals surface area contributed by atoms with Gasteiger partial charge in [0.05, 0.1) is 6.04 Å². The van der Waals surface area contributed by atoms with Crippen LogP contribution in [-0.2, 0) is 4.74 Å². The molecular weight excluding hydrogens is 402 g/mol. The van der Waals surface area contributed by atoms with Crippen molar-refractivity contribution in [3.63, 3.8) is 0 Å². The molecular formula is C26H35N3O3. The number of ether oxygens (including phenoxy) is 1. The number of carbonyl (C=O) groups is 2. The molecule has 0 N–H and O–H groups in total. The number of aromatic nitrogens is 1. The maximum absolute atomic E-state index is 13.4. The molecule has 0 saturated carbocycles. The highest BCUT2D eigenvalue weighted by atomic mass is 16.6. The van der Waals surface area contributed by atoms with Crippen molar-refractivity contribution in [1.82, 2.24) is 9.88 Å². The molecule has 2 aromatic rings. The number of benzene rings is 1. The van der Waals surface area contributed by atoms with Crippen LogP contribution in [-0.4, -0.2) is 40.6 Å². The van der Waals surface area contributed by atoms with Crippen LogP contribution < -0.4 is 4.90 Å². The smallest absolute Gasteiger partial charge is 0.416 e. The predicted molar refractivity (Wildman–Crippen MR) is 127 cm³/mol. The molecule has 172 valence electrons. The van der Waals surface area contributed by atoms with Crippen LogP contribution in [0.2, 0.25) is 0 Å². The lowest BCUT2D eigenvalue weighted by atomic mass is 9.94. The van der Waals surface area contributed by atoms with Gasteiger partial charge in [-0.05, 0) is 64.7 Å². The van der Waals surface area contributed by atoms with Crippen molar-refractivity contribution in [3.8, 4) is 0 Å². The Hall–Kier alpha value is -2.89. The third-order valence-electron chi connectivity index (χ3n) is 5.57. The molecule has 1 aliphatic heterocycles. The SMILES string of the molecule is CCCCN(C(=O)OC(C)(C)C)c1ncccc1[C@H]1CCCCN1C(=O)c1ccccc1. The number of hydrogen-bond donors (Lipinski definition) is 0. The van der Waals surface area contributed by atoms with E-state index < -0.39 is 11.7 Å². The van der Waals surface area contributed by atoms with Crippen LogP contribution in [0.15, 0.2) is 48.7 Å². The maximum atomic E-state index is 13.4. The average Bonchev–Trinajstić information content (AvgIpc) is 2.78. The quantitative estimate of drug-likeness (QED) is 0.557. The zero-order valence-electron chi connectivity index (χ0n) is 19.7. The van der Waals surface area contributed by atoms with Gasteiger partial charge in [-0.15, -0.1) is 0 Å². The van der Waals surface area contributed by atoms with E-state index in [1.54, 1.807) is 11.1 Å². The molecule has 1 saturated heterocycles. The molecule has 1 aliphatic rings. The van der Waals surface area contributed by atoms with E-state index in [2.05, 4.69) is 11.9 Å². The molecule has 3 rings (SSSR count). The molecule has 1 fully saturated rings. The number of carbonyl (C=O) groups excluding carboxylic acids is 2. The highest BCUT2D eigenvalue weighted by Crippen LogP contribution is 2.37. The normalized spacial score (nSPS) is 16.5. The summed E-state index contributed by atoms with van der Waals surface area (Å²) in [7, 11) is 0.